The Bertz CT molecular complexity index is 1130. The maximum absolute atomic E-state index is 13.1. The molecule has 1 amide bonds. The predicted octanol–water partition coefficient (Wildman–Crippen LogP) is 2.97. The molecule has 0 saturated heterocycles. The van der Waals surface area contributed by atoms with E-state index in [-0.39, 0.29) is 17.5 Å². The van der Waals surface area contributed by atoms with Crippen LogP contribution in [0.25, 0.3) is 10.9 Å². The fourth-order valence-electron chi connectivity index (χ4n) is 3.92. The van der Waals surface area contributed by atoms with Gasteiger partial charge in [-0.1, -0.05) is 18.2 Å². The van der Waals surface area contributed by atoms with Crippen LogP contribution in [-0.2, 0) is 13.5 Å². The van der Waals surface area contributed by atoms with Crippen molar-refractivity contribution in [2.45, 2.75) is 18.9 Å². The Hall–Kier alpha value is -3.28. The highest BCUT2D eigenvalue weighted by atomic mass is 16.5. The Morgan fingerprint density at radius 3 is 2.57 bits per heavy atom. The van der Waals surface area contributed by atoms with Gasteiger partial charge in [-0.25, -0.2) is 0 Å². The van der Waals surface area contributed by atoms with Gasteiger partial charge < -0.3 is 19.4 Å². The third-order valence-corrected chi connectivity index (χ3v) is 5.43. The van der Waals surface area contributed by atoms with Crippen LogP contribution in [-0.4, -0.2) is 24.7 Å². The number of hydrogen-bond donors (Lipinski definition) is 1. The number of rotatable bonds is 4. The average Bonchev–Trinajstić information content (AvgIpc) is 3.11. The lowest BCUT2D eigenvalue weighted by atomic mass is 10.0. The first kappa shape index (κ1) is 18.1. The van der Waals surface area contributed by atoms with Gasteiger partial charge in [0, 0.05) is 18.5 Å². The molecule has 1 aliphatic rings. The molecule has 0 unspecified atom stereocenters. The highest BCUT2D eigenvalue weighted by molar-refractivity contribution is 6.06. The molecule has 0 bridgehead atoms. The van der Waals surface area contributed by atoms with Crippen molar-refractivity contribution in [2.75, 3.05) is 14.2 Å². The van der Waals surface area contributed by atoms with Crippen molar-refractivity contribution in [3.05, 3.63) is 69.5 Å². The van der Waals surface area contributed by atoms with E-state index in [9.17, 15) is 9.59 Å². The highest BCUT2D eigenvalue weighted by Crippen LogP contribution is 2.39. The topological polar surface area (TPSA) is 69.6 Å². The molecule has 1 N–H and O–H groups in total. The Kier molecular flexibility index (Phi) is 4.55. The number of fused-ring (bicyclic) bond motifs is 2. The van der Waals surface area contributed by atoms with Gasteiger partial charge in [-0.05, 0) is 42.2 Å². The molecule has 4 rings (SSSR count). The number of ether oxygens (including phenoxy) is 2. The quantitative estimate of drug-likeness (QED) is 0.758. The number of carbonyl (C=O) groups excluding carboxylic acids is 1. The molecule has 1 atom stereocenters. The Morgan fingerprint density at radius 1 is 1.11 bits per heavy atom. The maximum atomic E-state index is 13.1. The van der Waals surface area contributed by atoms with Crippen LogP contribution in [0.3, 0.4) is 0 Å². The van der Waals surface area contributed by atoms with Crippen LogP contribution in [0.4, 0.5) is 0 Å². The smallest absolute Gasteiger partial charge is 0.252 e. The van der Waals surface area contributed by atoms with Gasteiger partial charge in [0.15, 0.2) is 11.5 Å². The molecule has 0 fully saturated rings. The Labute approximate surface area is 162 Å². The van der Waals surface area contributed by atoms with E-state index in [1.54, 1.807) is 25.8 Å². The van der Waals surface area contributed by atoms with Crippen molar-refractivity contribution in [1.29, 1.82) is 0 Å². The summed E-state index contributed by atoms with van der Waals surface area (Å²) in [5.74, 6) is 1.08. The monoisotopic (exact) mass is 378 g/mol. The van der Waals surface area contributed by atoms with Gasteiger partial charge >= 0.3 is 0 Å². The number of amides is 1. The van der Waals surface area contributed by atoms with Crippen LogP contribution in [0, 0.1) is 0 Å². The SMILES string of the molecule is COc1cc2c(cc1OC)[C@H](NC(=O)c1cc(=O)n(C)c3ccccc13)CC2. The molecule has 6 heteroatoms. The van der Waals surface area contributed by atoms with Crippen molar-refractivity contribution in [2.24, 2.45) is 7.05 Å². The lowest BCUT2D eigenvalue weighted by Crippen LogP contribution is -2.29. The Morgan fingerprint density at radius 2 is 1.82 bits per heavy atom. The van der Waals surface area contributed by atoms with Crippen LogP contribution in [0.5, 0.6) is 11.5 Å². The molecule has 28 heavy (non-hydrogen) atoms. The fourth-order valence-corrected chi connectivity index (χ4v) is 3.92. The van der Waals surface area contributed by atoms with Gasteiger partial charge in [0.05, 0.1) is 31.3 Å². The molecule has 0 saturated carbocycles. The van der Waals surface area contributed by atoms with E-state index in [4.69, 9.17) is 9.47 Å². The molecule has 3 aromatic rings. The minimum absolute atomic E-state index is 0.134. The summed E-state index contributed by atoms with van der Waals surface area (Å²) in [6.45, 7) is 0. The first-order valence-electron chi connectivity index (χ1n) is 9.18. The number of pyridine rings is 1. The van der Waals surface area contributed by atoms with Crippen molar-refractivity contribution < 1.29 is 14.3 Å². The molecular formula is C22H22N2O4. The second-order valence-electron chi connectivity index (χ2n) is 6.94. The molecule has 1 aliphatic carbocycles. The van der Waals surface area contributed by atoms with E-state index in [1.165, 1.54) is 6.07 Å². The lowest BCUT2D eigenvalue weighted by molar-refractivity contribution is 0.0938. The fraction of sp³-hybridized carbons (Fsp3) is 0.273. The van der Waals surface area contributed by atoms with Crippen LogP contribution in [0.1, 0.15) is 33.9 Å². The largest absolute Gasteiger partial charge is 0.493 e. The van der Waals surface area contributed by atoms with Crippen LogP contribution >= 0.6 is 0 Å². The zero-order valence-electron chi connectivity index (χ0n) is 16.1. The molecule has 1 aromatic heterocycles. The maximum Gasteiger partial charge on any atom is 0.252 e. The number of benzene rings is 2. The van der Waals surface area contributed by atoms with E-state index >= 15 is 0 Å². The number of methoxy groups -OCH3 is 2. The molecular weight excluding hydrogens is 356 g/mol. The Balaban J connectivity index is 1.70. The van der Waals surface area contributed by atoms with Crippen molar-refractivity contribution in [3.8, 4) is 11.5 Å². The van der Waals surface area contributed by atoms with E-state index in [1.807, 2.05) is 36.4 Å². The van der Waals surface area contributed by atoms with E-state index in [0.717, 1.165) is 34.9 Å². The van der Waals surface area contributed by atoms with E-state index < -0.39 is 0 Å². The number of aromatic nitrogens is 1. The number of nitrogens with one attached hydrogen (secondary N) is 1. The third-order valence-electron chi connectivity index (χ3n) is 5.43. The summed E-state index contributed by atoms with van der Waals surface area (Å²) in [7, 11) is 4.91. The van der Waals surface area contributed by atoms with Crippen molar-refractivity contribution in [1.82, 2.24) is 9.88 Å². The first-order chi connectivity index (χ1) is 13.5. The van der Waals surface area contributed by atoms with Gasteiger partial charge in [-0.3, -0.25) is 9.59 Å². The summed E-state index contributed by atoms with van der Waals surface area (Å²) in [5, 5.41) is 3.85. The average molecular weight is 378 g/mol. The molecule has 0 aliphatic heterocycles. The number of aryl methyl sites for hydroxylation is 2. The summed E-state index contributed by atoms with van der Waals surface area (Å²) in [6.07, 6.45) is 1.64. The summed E-state index contributed by atoms with van der Waals surface area (Å²) in [5.41, 5.74) is 3.09. The third kappa shape index (κ3) is 2.91. The highest BCUT2D eigenvalue weighted by Gasteiger charge is 2.27. The molecule has 0 radical (unpaired) electrons. The number of hydrogen-bond acceptors (Lipinski definition) is 4. The normalized spacial score (nSPS) is 15.3. The standard InChI is InChI=1S/C22H22N2O4/c1-24-18-7-5-4-6-14(18)16(12-21(24)25)22(26)23-17-9-8-13-10-19(27-2)20(28-3)11-15(13)17/h4-7,10-12,17H,8-9H2,1-3H3,(H,23,26)/t17-/m1/s1. The van der Waals surface area contributed by atoms with E-state index in [2.05, 4.69) is 5.32 Å². The van der Waals surface area contributed by atoms with Crippen LogP contribution in [0.2, 0.25) is 0 Å². The molecule has 144 valence electrons. The summed E-state index contributed by atoms with van der Waals surface area (Å²) < 4.78 is 12.3. The minimum atomic E-state index is -0.249. The molecule has 0 spiro atoms. The zero-order chi connectivity index (χ0) is 19.8. The number of nitrogens with zero attached hydrogens (tertiary/aromatic N) is 1. The lowest BCUT2D eigenvalue weighted by Gasteiger charge is -2.17. The van der Waals surface area contributed by atoms with Crippen molar-refractivity contribution in [3.63, 3.8) is 0 Å². The van der Waals surface area contributed by atoms with Crippen molar-refractivity contribution >= 4 is 16.8 Å². The summed E-state index contributed by atoms with van der Waals surface area (Å²) in [4.78, 5) is 25.4. The predicted molar refractivity (Wildman–Crippen MR) is 107 cm³/mol. The summed E-state index contributed by atoms with van der Waals surface area (Å²) >= 11 is 0. The van der Waals surface area contributed by atoms with Crippen LogP contribution < -0.4 is 20.3 Å². The minimum Gasteiger partial charge on any atom is -0.493 e. The number of carbonyl (C=O) groups is 1. The van der Waals surface area contributed by atoms with Gasteiger partial charge in [-0.2, -0.15) is 0 Å². The molecule has 1 heterocycles. The number of para-hydroxylation sites is 1. The second kappa shape index (κ2) is 7.03. The van der Waals surface area contributed by atoms with Gasteiger partial charge in [0.1, 0.15) is 0 Å². The molecule has 2 aromatic carbocycles. The molecule has 6 nitrogen and oxygen atoms in total. The first-order valence-corrected chi connectivity index (χ1v) is 9.18. The zero-order valence-corrected chi connectivity index (χ0v) is 16.1. The van der Waals surface area contributed by atoms with E-state index in [0.29, 0.717) is 17.1 Å². The van der Waals surface area contributed by atoms with Gasteiger partial charge in [0.25, 0.3) is 11.5 Å². The van der Waals surface area contributed by atoms with Gasteiger partial charge in [-0.15, -0.1) is 0 Å². The van der Waals surface area contributed by atoms with Crippen LogP contribution in [0.15, 0.2) is 47.3 Å². The summed E-state index contributed by atoms with van der Waals surface area (Å²) in [6, 6.07) is 12.6. The second-order valence-corrected chi connectivity index (χ2v) is 6.94. The van der Waals surface area contributed by atoms with Gasteiger partial charge in [0.2, 0.25) is 0 Å².